The summed E-state index contributed by atoms with van der Waals surface area (Å²) in [7, 11) is 0. The molecule has 7 aromatic carbocycles. The molecule has 0 saturated heterocycles. The molecule has 0 radical (unpaired) electrons. The number of fused-ring (bicyclic) bond motifs is 13. The molecule has 2 aliphatic carbocycles. The highest BCUT2D eigenvalue weighted by atomic mass is 127. The van der Waals surface area contributed by atoms with E-state index in [2.05, 4.69) is 164 Å². The van der Waals surface area contributed by atoms with Crippen molar-refractivity contribution in [2.75, 3.05) is 0 Å². The van der Waals surface area contributed by atoms with Crippen LogP contribution >= 0.6 is 19.1 Å². The monoisotopic (exact) mass is 751 g/mol. The molecule has 3 aliphatic rings. The number of benzene rings is 7. The van der Waals surface area contributed by atoms with Gasteiger partial charge < -0.3 is 4.57 Å². The summed E-state index contributed by atoms with van der Waals surface area (Å²) in [5.41, 5.74) is 13.6. The highest BCUT2D eigenvalue weighted by Gasteiger charge is 2.46. The van der Waals surface area contributed by atoms with Gasteiger partial charge in [-0.15, -0.1) is 4.31 Å². The number of allylic oxidation sites excluding steroid dienone is 4. The summed E-state index contributed by atoms with van der Waals surface area (Å²) in [5.74, 6) is 0.390. The van der Waals surface area contributed by atoms with Gasteiger partial charge in [-0.25, -0.2) is 0 Å². The molecule has 0 saturated carbocycles. The van der Waals surface area contributed by atoms with E-state index in [-0.39, 0.29) is 5.41 Å². The van der Waals surface area contributed by atoms with Gasteiger partial charge in [-0.05, 0) is 115 Å². The summed E-state index contributed by atoms with van der Waals surface area (Å²) in [4.78, 5) is 0. The molecule has 1 atom stereocenters. The van der Waals surface area contributed by atoms with Gasteiger partial charge in [-0.1, -0.05) is 142 Å². The van der Waals surface area contributed by atoms with Crippen LogP contribution in [0.15, 0.2) is 146 Å². The number of hydrogen-bond donors (Lipinski definition) is 0. The van der Waals surface area contributed by atoms with E-state index < -0.39 is 19.1 Å². The number of halogens is 1. The van der Waals surface area contributed by atoms with Crippen LogP contribution < -0.4 is 0 Å². The molecule has 1 nitrogen and oxygen atoms in total. The van der Waals surface area contributed by atoms with E-state index in [4.69, 9.17) is 4.31 Å². The van der Waals surface area contributed by atoms with Crippen molar-refractivity contribution >= 4 is 73.8 Å². The van der Waals surface area contributed by atoms with Crippen LogP contribution in [0.2, 0.25) is 0 Å². The van der Waals surface area contributed by atoms with Crippen molar-refractivity contribution in [3.05, 3.63) is 164 Å². The largest absolute Gasteiger partial charge is 0.313 e. The predicted octanol–water partition coefficient (Wildman–Crippen LogP) is 13.1. The fourth-order valence-corrected chi connectivity index (χ4v) is 13.9. The maximum atomic E-state index is 7.18. The Balaban J connectivity index is 1.05. The second kappa shape index (κ2) is 10.2. The zero-order chi connectivity index (χ0) is 33.3. The average molecular weight is 752 g/mol. The van der Waals surface area contributed by atoms with E-state index in [0.29, 0.717) is 5.92 Å². The molecule has 0 bridgehead atoms. The van der Waals surface area contributed by atoms with Gasteiger partial charge in [0.1, 0.15) is 0 Å². The molecule has 238 valence electrons. The van der Waals surface area contributed by atoms with Gasteiger partial charge in [0.15, 0.2) is 0 Å². The summed E-state index contributed by atoms with van der Waals surface area (Å²) < 4.78 is 12.6. The lowest BCUT2D eigenvalue weighted by atomic mass is 9.74. The summed E-state index contributed by atoms with van der Waals surface area (Å²) in [6.45, 7) is 4.91. The maximum Gasteiger partial charge on any atom is 0.0538 e. The van der Waals surface area contributed by atoms with E-state index >= 15 is 0 Å². The topological polar surface area (TPSA) is 4.93 Å². The quantitative estimate of drug-likeness (QED) is 0.122. The lowest BCUT2D eigenvalue weighted by Crippen LogP contribution is -2.25. The van der Waals surface area contributed by atoms with E-state index in [0.717, 1.165) is 6.42 Å². The molecule has 1 unspecified atom stereocenters. The van der Waals surface area contributed by atoms with Gasteiger partial charge in [-0.2, -0.15) is 0 Å². The normalized spacial score (nSPS) is 17.5. The summed E-state index contributed by atoms with van der Waals surface area (Å²) in [5, 5.41) is 7.77. The molecule has 0 amide bonds. The van der Waals surface area contributed by atoms with Crippen molar-refractivity contribution in [1.82, 2.24) is 4.57 Å². The summed E-state index contributed by atoms with van der Waals surface area (Å²) in [6.07, 6.45) is 5.83. The van der Waals surface area contributed by atoms with E-state index in [9.17, 15) is 0 Å². The molecule has 0 N–H and O–H groups in total. The van der Waals surface area contributed by atoms with Gasteiger partial charge in [-0.3, -0.25) is 0 Å². The molecule has 1 aromatic heterocycles. The minimum Gasteiger partial charge on any atom is -0.313 e. The molecule has 0 fully saturated rings. The third-order valence-corrected chi connectivity index (χ3v) is 16.3. The zero-order valence-corrected chi connectivity index (χ0v) is 30.2. The van der Waals surface area contributed by atoms with Crippen molar-refractivity contribution in [2.24, 2.45) is 5.92 Å². The second-order valence-corrected chi connectivity index (χ2v) is 18.7. The van der Waals surface area contributed by atoms with Crippen LogP contribution in [0, 0.1) is 17.4 Å². The first-order valence-corrected chi connectivity index (χ1v) is 20.9. The molecular formula is C48H34IN. The van der Waals surface area contributed by atoms with Gasteiger partial charge in [0.25, 0.3) is 0 Å². The standard InChI is InChI=1S/C48H34IN/c1-48(2)41-24-23-38-36-12-6-8-14-43(36)49(3)47(38)46(41)39-22-20-33(28-42(39)48)50-44-15-9-7-13-37(44)40-27-31(19-25-45(40)50)30-18-21-35-32(26-30)17-16-29-10-4-5-11-34(29)35/h3-27,42H,28H2,1-2H3. The Morgan fingerprint density at radius 2 is 1.34 bits per heavy atom. The van der Waals surface area contributed by atoms with Gasteiger partial charge in [0.05, 0.1) is 11.0 Å². The minimum absolute atomic E-state index is 0.00874. The van der Waals surface area contributed by atoms with E-state index in [1.165, 1.54) is 95.1 Å². The maximum absolute atomic E-state index is 7.18. The molecule has 8 aromatic rings. The summed E-state index contributed by atoms with van der Waals surface area (Å²) in [6, 6.07) is 49.7. The average Bonchev–Trinajstić information content (AvgIpc) is 3.73. The zero-order valence-electron chi connectivity index (χ0n) is 28.0. The first-order chi connectivity index (χ1) is 24.5. The Bertz CT molecular complexity index is 2960. The van der Waals surface area contributed by atoms with Crippen LogP contribution in [-0.2, 0) is 5.41 Å². The predicted molar refractivity (Wildman–Crippen MR) is 222 cm³/mol. The van der Waals surface area contributed by atoms with Crippen LogP contribution in [0.5, 0.6) is 0 Å². The minimum atomic E-state index is -1.98. The van der Waals surface area contributed by atoms with E-state index in [1.807, 2.05) is 0 Å². The lowest BCUT2D eigenvalue weighted by molar-refractivity contribution is 0.415. The van der Waals surface area contributed by atoms with Crippen molar-refractivity contribution in [3.63, 3.8) is 0 Å². The molecule has 50 heavy (non-hydrogen) atoms. The second-order valence-electron chi connectivity index (χ2n) is 14.7. The van der Waals surface area contributed by atoms with Crippen molar-refractivity contribution in [2.45, 2.75) is 25.7 Å². The molecule has 11 rings (SSSR count). The van der Waals surface area contributed by atoms with E-state index in [1.54, 1.807) is 0 Å². The Morgan fingerprint density at radius 3 is 2.26 bits per heavy atom. The van der Waals surface area contributed by atoms with Crippen molar-refractivity contribution < 1.29 is 0 Å². The number of nitrogens with zero attached hydrogens (tertiary/aromatic N) is 1. The van der Waals surface area contributed by atoms with Gasteiger partial charge in [0, 0.05) is 23.6 Å². The smallest absolute Gasteiger partial charge is 0.0538 e. The highest BCUT2D eigenvalue weighted by Crippen LogP contribution is 2.62. The van der Waals surface area contributed by atoms with Crippen LogP contribution in [0.3, 0.4) is 0 Å². The number of hydrogen-bond acceptors (Lipinski definition) is 0. The SMILES string of the molecule is C#I1c2ccccc2-c2ccc3c(c21)C1=CC=C(n2c4ccccc4c4cc(-c5ccc6c(ccc7ccccc76)c5)ccc42)CC1C3(C)C. The van der Waals surface area contributed by atoms with Crippen LogP contribution in [-0.4, -0.2) is 4.57 Å². The fourth-order valence-electron chi connectivity index (χ4n) is 9.37. The molecule has 0 spiro atoms. The first kappa shape index (κ1) is 28.7. The van der Waals surface area contributed by atoms with Crippen LogP contribution in [0.25, 0.3) is 76.9 Å². The number of para-hydroxylation sites is 1. The Kier molecular flexibility index (Phi) is 5.85. The van der Waals surface area contributed by atoms with Gasteiger partial charge in [0.2, 0.25) is 0 Å². The number of aromatic nitrogens is 1. The molecule has 2 heteroatoms. The van der Waals surface area contributed by atoms with Crippen LogP contribution in [0.1, 0.15) is 31.4 Å². The van der Waals surface area contributed by atoms with Crippen molar-refractivity contribution in [1.29, 1.82) is 0 Å². The highest BCUT2D eigenvalue weighted by molar-refractivity contribution is 14.2. The van der Waals surface area contributed by atoms with Crippen LogP contribution in [0.4, 0.5) is 0 Å². The lowest BCUT2D eigenvalue weighted by Gasteiger charge is -2.32. The fraction of sp³-hybridized carbons (Fsp3) is 0.104. The molecule has 1 aliphatic heterocycles. The Morgan fingerprint density at radius 1 is 0.620 bits per heavy atom. The third kappa shape index (κ3) is 3.78. The molecular weight excluding hydrogens is 717 g/mol. The first-order valence-electron chi connectivity index (χ1n) is 17.5. The molecule has 2 heterocycles. The van der Waals surface area contributed by atoms with Crippen molar-refractivity contribution in [3.8, 4) is 26.6 Å². The Labute approximate surface area is 298 Å². The third-order valence-electron chi connectivity index (χ3n) is 11.9. The Hall–Kier alpha value is -5.15. The number of rotatable bonds is 2. The summed E-state index contributed by atoms with van der Waals surface area (Å²) >= 11 is -1.98. The van der Waals surface area contributed by atoms with Gasteiger partial charge >= 0.3 is 0 Å².